The summed E-state index contributed by atoms with van der Waals surface area (Å²) in [5, 5.41) is 4.77. The number of rotatable bonds is 8. The van der Waals surface area contributed by atoms with Gasteiger partial charge in [-0.25, -0.2) is 0 Å². The SMILES string of the molecule is COCCOc1cccc(CNCc2cccc3[nH]ccc23)c1. The van der Waals surface area contributed by atoms with Gasteiger partial charge in [0.25, 0.3) is 0 Å². The monoisotopic (exact) mass is 310 g/mol. The van der Waals surface area contributed by atoms with E-state index >= 15 is 0 Å². The molecule has 0 radical (unpaired) electrons. The summed E-state index contributed by atoms with van der Waals surface area (Å²) in [7, 11) is 1.68. The van der Waals surface area contributed by atoms with Crippen molar-refractivity contribution >= 4 is 10.9 Å². The lowest BCUT2D eigenvalue weighted by atomic mass is 10.1. The second-order valence-corrected chi connectivity index (χ2v) is 5.45. The summed E-state index contributed by atoms with van der Waals surface area (Å²) in [6.45, 7) is 2.82. The van der Waals surface area contributed by atoms with Gasteiger partial charge in [-0.15, -0.1) is 0 Å². The lowest BCUT2D eigenvalue weighted by molar-refractivity contribution is 0.146. The first-order valence-electron chi connectivity index (χ1n) is 7.83. The van der Waals surface area contributed by atoms with Crippen LogP contribution in [-0.2, 0) is 17.8 Å². The summed E-state index contributed by atoms with van der Waals surface area (Å²) in [6, 6.07) is 16.6. The van der Waals surface area contributed by atoms with E-state index in [4.69, 9.17) is 9.47 Å². The van der Waals surface area contributed by atoms with Gasteiger partial charge in [-0.05, 0) is 35.4 Å². The molecule has 4 heteroatoms. The molecular formula is C19H22N2O2. The number of hydrogen-bond acceptors (Lipinski definition) is 3. The quantitative estimate of drug-likeness (QED) is 0.626. The molecule has 3 rings (SSSR count). The number of H-pyrrole nitrogens is 1. The summed E-state index contributed by atoms with van der Waals surface area (Å²) in [5.74, 6) is 0.883. The molecular weight excluding hydrogens is 288 g/mol. The van der Waals surface area contributed by atoms with Crippen LogP contribution in [0.1, 0.15) is 11.1 Å². The Morgan fingerprint density at radius 1 is 1.00 bits per heavy atom. The molecule has 1 heterocycles. The molecule has 0 fully saturated rings. The van der Waals surface area contributed by atoms with Crippen LogP contribution in [0.25, 0.3) is 10.9 Å². The minimum atomic E-state index is 0.572. The van der Waals surface area contributed by atoms with E-state index in [0.717, 1.165) is 18.8 Å². The maximum absolute atomic E-state index is 5.64. The molecule has 0 atom stereocenters. The first-order chi connectivity index (χ1) is 11.4. The summed E-state index contributed by atoms with van der Waals surface area (Å²) < 4.78 is 10.6. The van der Waals surface area contributed by atoms with Crippen LogP contribution < -0.4 is 10.1 Å². The van der Waals surface area contributed by atoms with Gasteiger partial charge in [0.05, 0.1) is 6.61 Å². The van der Waals surface area contributed by atoms with Crippen molar-refractivity contribution in [3.8, 4) is 5.75 Å². The molecule has 0 amide bonds. The molecule has 0 aliphatic heterocycles. The fraction of sp³-hybridized carbons (Fsp3) is 0.263. The number of fused-ring (bicyclic) bond motifs is 1. The fourth-order valence-corrected chi connectivity index (χ4v) is 2.63. The van der Waals surface area contributed by atoms with Gasteiger partial charge in [-0.3, -0.25) is 0 Å². The Kier molecular flexibility index (Phi) is 5.29. The van der Waals surface area contributed by atoms with Crippen LogP contribution in [0.3, 0.4) is 0 Å². The maximum Gasteiger partial charge on any atom is 0.119 e. The van der Waals surface area contributed by atoms with Crippen LogP contribution in [0, 0.1) is 0 Å². The highest BCUT2D eigenvalue weighted by molar-refractivity contribution is 5.82. The molecule has 0 saturated carbocycles. The average Bonchev–Trinajstić information content (AvgIpc) is 3.05. The van der Waals surface area contributed by atoms with Crippen LogP contribution in [-0.4, -0.2) is 25.3 Å². The van der Waals surface area contributed by atoms with Gasteiger partial charge in [0.1, 0.15) is 12.4 Å². The molecule has 0 aliphatic rings. The predicted octanol–water partition coefficient (Wildman–Crippen LogP) is 3.48. The van der Waals surface area contributed by atoms with Crippen molar-refractivity contribution < 1.29 is 9.47 Å². The van der Waals surface area contributed by atoms with E-state index in [0.29, 0.717) is 13.2 Å². The van der Waals surface area contributed by atoms with Gasteiger partial charge in [0.2, 0.25) is 0 Å². The molecule has 0 saturated heterocycles. The Hall–Kier alpha value is -2.30. The Morgan fingerprint density at radius 2 is 1.91 bits per heavy atom. The maximum atomic E-state index is 5.64. The van der Waals surface area contributed by atoms with Crippen molar-refractivity contribution in [2.45, 2.75) is 13.1 Å². The zero-order valence-electron chi connectivity index (χ0n) is 13.3. The second kappa shape index (κ2) is 7.81. The number of aromatic amines is 1. The average molecular weight is 310 g/mol. The molecule has 0 spiro atoms. The van der Waals surface area contributed by atoms with Gasteiger partial charge in [-0.2, -0.15) is 0 Å². The van der Waals surface area contributed by atoms with Crippen molar-refractivity contribution in [3.05, 3.63) is 65.9 Å². The number of hydrogen-bond donors (Lipinski definition) is 2. The standard InChI is InChI=1S/C19H22N2O2/c1-22-10-11-23-17-6-2-4-15(12-17)13-20-14-16-5-3-7-19-18(16)8-9-21-19/h2-9,12,20-21H,10-11,13-14H2,1H3. The molecule has 120 valence electrons. The van der Waals surface area contributed by atoms with Crippen molar-refractivity contribution in [1.82, 2.24) is 10.3 Å². The Bertz CT molecular complexity index is 752. The molecule has 23 heavy (non-hydrogen) atoms. The van der Waals surface area contributed by atoms with E-state index in [1.165, 1.54) is 22.0 Å². The van der Waals surface area contributed by atoms with Crippen LogP contribution in [0.2, 0.25) is 0 Å². The fourth-order valence-electron chi connectivity index (χ4n) is 2.63. The Morgan fingerprint density at radius 3 is 2.83 bits per heavy atom. The molecule has 2 N–H and O–H groups in total. The highest BCUT2D eigenvalue weighted by atomic mass is 16.5. The van der Waals surface area contributed by atoms with Crippen LogP contribution in [0.5, 0.6) is 5.75 Å². The summed E-state index contributed by atoms with van der Waals surface area (Å²) in [6.07, 6.45) is 1.98. The largest absolute Gasteiger partial charge is 0.491 e. The highest BCUT2D eigenvalue weighted by Gasteiger charge is 2.02. The first-order valence-corrected chi connectivity index (χ1v) is 7.83. The Balaban J connectivity index is 1.56. The molecule has 0 bridgehead atoms. The van der Waals surface area contributed by atoms with Crippen molar-refractivity contribution in [1.29, 1.82) is 0 Å². The lowest BCUT2D eigenvalue weighted by Crippen LogP contribution is -2.13. The second-order valence-electron chi connectivity index (χ2n) is 5.45. The predicted molar refractivity (Wildman–Crippen MR) is 92.7 cm³/mol. The molecule has 0 unspecified atom stereocenters. The lowest BCUT2D eigenvalue weighted by Gasteiger charge is -2.09. The van der Waals surface area contributed by atoms with Crippen LogP contribution in [0.4, 0.5) is 0 Å². The molecule has 1 aromatic heterocycles. The normalized spacial score (nSPS) is 11.0. The molecule has 4 nitrogen and oxygen atoms in total. The van der Waals surface area contributed by atoms with E-state index in [1.54, 1.807) is 7.11 Å². The molecule has 3 aromatic rings. The van der Waals surface area contributed by atoms with E-state index in [9.17, 15) is 0 Å². The number of nitrogens with one attached hydrogen (secondary N) is 2. The summed E-state index contributed by atoms with van der Waals surface area (Å²) >= 11 is 0. The third-order valence-electron chi connectivity index (χ3n) is 3.78. The van der Waals surface area contributed by atoms with E-state index in [2.05, 4.69) is 46.7 Å². The first kappa shape index (κ1) is 15.6. The Labute approximate surface area is 136 Å². The van der Waals surface area contributed by atoms with Gasteiger partial charge >= 0.3 is 0 Å². The van der Waals surface area contributed by atoms with E-state index < -0.39 is 0 Å². The summed E-state index contributed by atoms with van der Waals surface area (Å²) in [5.41, 5.74) is 3.69. The van der Waals surface area contributed by atoms with Crippen LogP contribution >= 0.6 is 0 Å². The van der Waals surface area contributed by atoms with E-state index in [-0.39, 0.29) is 0 Å². The number of methoxy groups -OCH3 is 1. The van der Waals surface area contributed by atoms with Gasteiger partial charge in [-0.1, -0.05) is 24.3 Å². The van der Waals surface area contributed by atoms with Gasteiger partial charge < -0.3 is 19.8 Å². The zero-order valence-corrected chi connectivity index (χ0v) is 13.3. The van der Waals surface area contributed by atoms with Gasteiger partial charge in [0.15, 0.2) is 0 Å². The third-order valence-corrected chi connectivity index (χ3v) is 3.78. The number of aromatic nitrogens is 1. The number of ether oxygens (including phenoxy) is 2. The minimum absolute atomic E-state index is 0.572. The number of benzene rings is 2. The van der Waals surface area contributed by atoms with E-state index in [1.807, 2.05) is 18.3 Å². The van der Waals surface area contributed by atoms with Crippen molar-refractivity contribution in [2.24, 2.45) is 0 Å². The van der Waals surface area contributed by atoms with Crippen molar-refractivity contribution in [3.63, 3.8) is 0 Å². The topological polar surface area (TPSA) is 46.3 Å². The summed E-state index contributed by atoms with van der Waals surface area (Å²) in [4.78, 5) is 3.25. The van der Waals surface area contributed by atoms with Gasteiger partial charge in [0, 0.05) is 37.3 Å². The molecule has 2 aromatic carbocycles. The highest BCUT2D eigenvalue weighted by Crippen LogP contribution is 2.17. The zero-order chi connectivity index (χ0) is 15.9. The molecule has 0 aliphatic carbocycles. The van der Waals surface area contributed by atoms with Crippen molar-refractivity contribution in [2.75, 3.05) is 20.3 Å². The minimum Gasteiger partial charge on any atom is -0.491 e. The third kappa shape index (κ3) is 4.12. The smallest absolute Gasteiger partial charge is 0.119 e. The van der Waals surface area contributed by atoms with Crippen LogP contribution in [0.15, 0.2) is 54.7 Å².